The van der Waals surface area contributed by atoms with Crippen molar-refractivity contribution in [2.24, 2.45) is 11.8 Å². The smallest absolute Gasteiger partial charge is 0.257 e. The van der Waals surface area contributed by atoms with Gasteiger partial charge < -0.3 is 20.0 Å². The first-order chi connectivity index (χ1) is 14.0. The van der Waals surface area contributed by atoms with Crippen LogP contribution in [0.5, 0.6) is 0 Å². The fraction of sp³-hybridized carbons (Fsp3) is 0.409. The molecule has 2 N–H and O–H groups in total. The third-order valence-electron chi connectivity index (χ3n) is 5.72. The predicted molar refractivity (Wildman–Crippen MR) is 107 cm³/mol. The van der Waals surface area contributed by atoms with E-state index in [0.29, 0.717) is 48.7 Å². The number of carbonyl (C=O) groups is 3. The van der Waals surface area contributed by atoms with Gasteiger partial charge in [-0.25, -0.2) is 0 Å². The monoisotopic (exact) mass is 395 g/mol. The third kappa shape index (κ3) is 4.50. The number of amides is 3. The summed E-state index contributed by atoms with van der Waals surface area (Å²) in [7, 11) is 0. The van der Waals surface area contributed by atoms with E-state index in [1.165, 1.54) is 12.5 Å². The molecular weight excluding hydrogens is 370 g/mol. The van der Waals surface area contributed by atoms with Crippen molar-refractivity contribution in [2.75, 3.05) is 18.4 Å². The molecule has 1 saturated heterocycles. The number of furan rings is 1. The average molecular weight is 395 g/mol. The van der Waals surface area contributed by atoms with Crippen molar-refractivity contribution in [2.45, 2.75) is 32.2 Å². The maximum Gasteiger partial charge on any atom is 0.257 e. The Labute approximate surface area is 169 Å². The predicted octanol–water partition coefficient (Wildman–Crippen LogP) is 2.91. The lowest BCUT2D eigenvalue weighted by molar-refractivity contribution is -0.117. The molecule has 1 aliphatic carbocycles. The zero-order valence-corrected chi connectivity index (χ0v) is 16.4. The molecule has 3 amide bonds. The zero-order chi connectivity index (χ0) is 20.4. The molecule has 1 aromatic carbocycles. The highest BCUT2D eigenvalue weighted by atomic mass is 16.3. The molecule has 2 heterocycles. The first-order valence-electron chi connectivity index (χ1n) is 10.0. The molecule has 0 radical (unpaired) electrons. The van der Waals surface area contributed by atoms with Crippen molar-refractivity contribution >= 4 is 23.4 Å². The largest absolute Gasteiger partial charge is 0.472 e. The molecule has 2 aliphatic rings. The molecule has 4 rings (SSSR count). The fourth-order valence-corrected chi connectivity index (χ4v) is 3.72. The van der Waals surface area contributed by atoms with Gasteiger partial charge in [-0.15, -0.1) is 0 Å². The van der Waals surface area contributed by atoms with Gasteiger partial charge in [-0.3, -0.25) is 14.4 Å². The van der Waals surface area contributed by atoms with Gasteiger partial charge >= 0.3 is 0 Å². The highest BCUT2D eigenvalue weighted by molar-refractivity contribution is 5.98. The standard InChI is InChI=1S/C22H25N3O4/c1-14-11-19(14)21(27)24-18-4-2-3-15(12-18)20(26)23-17-5-8-25(9-6-17)22(28)16-7-10-29-13-16/h2-4,7,10,12-14,17,19H,5-6,8-9,11H2,1H3,(H,23,26)(H,24,27). The minimum absolute atomic E-state index is 0.0152. The van der Waals surface area contributed by atoms with E-state index in [0.717, 1.165) is 6.42 Å². The van der Waals surface area contributed by atoms with E-state index in [9.17, 15) is 14.4 Å². The third-order valence-corrected chi connectivity index (χ3v) is 5.72. The zero-order valence-electron chi connectivity index (χ0n) is 16.4. The summed E-state index contributed by atoms with van der Waals surface area (Å²) < 4.78 is 4.97. The molecule has 2 aromatic rings. The Balaban J connectivity index is 1.29. The van der Waals surface area contributed by atoms with Gasteiger partial charge in [-0.05, 0) is 49.4 Å². The summed E-state index contributed by atoms with van der Waals surface area (Å²) in [5.41, 5.74) is 1.71. The molecule has 0 spiro atoms. The van der Waals surface area contributed by atoms with Crippen LogP contribution in [-0.2, 0) is 4.79 Å². The summed E-state index contributed by atoms with van der Waals surface area (Å²) in [5, 5.41) is 5.94. The quantitative estimate of drug-likeness (QED) is 0.814. The number of piperidine rings is 1. The number of anilines is 1. The van der Waals surface area contributed by atoms with Gasteiger partial charge in [0.15, 0.2) is 0 Å². The van der Waals surface area contributed by atoms with Crippen molar-refractivity contribution in [3.05, 3.63) is 54.0 Å². The van der Waals surface area contributed by atoms with Gasteiger partial charge in [0.2, 0.25) is 5.91 Å². The van der Waals surface area contributed by atoms with Gasteiger partial charge in [-0.2, -0.15) is 0 Å². The summed E-state index contributed by atoms with van der Waals surface area (Å²) in [6, 6.07) is 8.68. The molecule has 2 fully saturated rings. The molecule has 2 atom stereocenters. The van der Waals surface area contributed by atoms with Crippen molar-refractivity contribution < 1.29 is 18.8 Å². The molecule has 1 saturated carbocycles. The highest BCUT2D eigenvalue weighted by Gasteiger charge is 2.39. The second-order valence-electron chi connectivity index (χ2n) is 7.94. The number of benzene rings is 1. The van der Waals surface area contributed by atoms with Crippen molar-refractivity contribution in [3.8, 4) is 0 Å². The number of hydrogen-bond donors (Lipinski definition) is 2. The Bertz CT molecular complexity index is 901. The summed E-state index contributed by atoms with van der Waals surface area (Å²) in [6.07, 6.45) is 5.26. The van der Waals surface area contributed by atoms with Crippen LogP contribution in [0, 0.1) is 11.8 Å². The van der Waals surface area contributed by atoms with Crippen molar-refractivity contribution in [3.63, 3.8) is 0 Å². The number of rotatable bonds is 5. The summed E-state index contributed by atoms with van der Waals surface area (Å²) in [6.45, 7) is 3.23. The van der Waals surface area contributed by atoms with E-state index in [1.54, 1.807) is 35.2 Å². The van der Waals surface area contributed by atoms with Gasteiger partial charge in [0.25, 0.3) is 11.8 Å². The Morgan fingerprint density at radius 3 is 2.52 bits per heavy atom. The Morgan fingerprint density at radius 1 is 1.10 bits per heavy atom. The first kappa shape index (κ1) is 19.2. The summed E-state index contributed by atoms with van der Waals surface area (Å²) in [4.78, 5) is 38.9. The molecule has 29 heavy (non-hydrogen) atoms. The van der Waals surface area contributed by atoms with Crippen LogP contribution in [0.1, 0.15) is 46.9 Å². The van der Waals surface area contributed by atoms with Gasteiger partial charge in [-0.1, -0.05) is 13.0 Å². The minimum atomic E-state index is -0.166. The molecule has 152 valence electrons. The van der Waals surface area contributed by atoms with E-state index < -0.39 is 0 Å². The van der Waals surface area contributed by atoms with E-state index >= 15 is 0 Å². The molecule has 7 nitrogen and oxygen atoms in total. The Hall–Kier alpha value is -3.09. The summed E-state index contributed by atoms with van der Waals surface area (Å²) in [5.74, 6) is 0.331. The van der Waals surface area contributed by atoms with Crippen LogP contribution in [0.4, 0.5) is 5.69 Å². The van der Waals surface area contributed by atoms with Gasteiger partial charge in [0, 0.05) is 36.3 Å². The van der Waals surface area contributed by atoms with E-state index in [1.807, 2.05) is 0 Å². The van der Waals surface area contributed by atoms with Crippen LogP contribution in [-0.4, -0.2) is 41.8 Å². The minimum Gasteiger partial charge on any atom is -0.472 e. The maximum atomic E-state index is 12.6. The topological polar surface area (TPSA) is 91.7 Å². The van der Waals surface area contributed by atoms with Crippen LogP contribution < -0.4 is 10.6 Å². The van der Waals surface area contributed by atoms with E-state index in [-0.39, 0.29) is 29.7 Å². The molecule has 2 unspecified atom stereocenters. The molecule has 1 aromatic heterocycles. The lowest BCUT2D eigenvalue weighted by Gasteiger charge is -2.32. The second kappa shape index (κ2) is 8.11. The Kier molecular flexibility index (Phi) is 5.38. The lowest BCUT2D eigenvalue weighted by Crippen LogP contribution is -2.46. The lowest BCUT2D eigenvalue weighted by atomic mass is 10.0. The fourth-order valence-electron chi connectivity index (χ4n) is 3.72. The van der Waals surface area contributed by atoms with Crippen LogP contribution in [0.3, 0.4) is 0 Å². The maximum absolute atomic E-state index is 12.6. The van der Waals surface area contributed by atoms with E-state index in [4.69, 9.17) is 4.42 Å². The SMILES string of the molecule is CC1CC1C(=O)Nc1cccc(C(=O)NC2CCN(C(=O)c3ccoc3)CC2)c1. The van der Waals surface area contributed by atoms with E-state index in [2.05, 4.69) is 17.6 Å². The highest BCUT2D eigenvalue weighted by Crippen LogP contribution is 2.38. The molecule has 7 heteroatoms. The van der Waals surface area contributed by atoms with Crippen molar-refractivity contribution in [1.29, 1.82) is 0 Å². The van der Waals surface area contributed by atoms with Crippen molar-refractivity contribution in [1.82, 2.24) is 10.2 Å². The number of hydrogen-bond acceptors (Lipinski definition) is 4. The normalized spacial score (nSPS) is 21.5. The number of likely N-dealkylation sites (tertiary alicyclic amines) is 1. The van der Waals surface area contributed by atoms with Crippen LogP contribution in [0.2, 0.25) is 0 Å². The number of carbonyl (C=O) groups excluding carboxylic acids is 3. The number of nitrogens with one attached hydrogen (secondary N) is 2. The van der Waals surface area contributed by atoms with Crippen LogP contribution >= 0.6 is 0 Å². The van der Waals surface area contributed by atoms with Crippen LogP contribution in [0.15, 0.2) is 47.3 Å². The average Bonchev–Trinajstić information content (AvgIpc) is 3.23. The number of nitrogens with zero attached hydrogens (tertiary/aromatic N) is 1. The van der Waals surface area contributed by atoms with Crippen LogP contribution in [0.25, 0.3) is 0 Å². The second-order valence-corrected chi connectivity index (χ2v) is 7.94. The molecule has 0 bridgehead atoms. The van der Waals surface area contributed by atoms with Gasteiger partial charge in [0.05, 0.1) is 11.8 Å². The Morgan fingerprint density at radius 2 is 1.86 bits per heavy atom. The molecular formula is C22H25N3O4. The summed E-state index contributed by atoms with van der Waals surface area (Å²) >= 11 is 0. The van der Waals surface area contributed by atoms with Gasteiger partial charge in [0.1, 0.15) is 6.26 Å². The first-order valence-corrected chi connectivity index (χ1v) is 10.0. The molecule has 1 aliphatic heterocycles.